The molecule has 1 N–H and O–H groups in total. The van der Waals surface area contributed by atoms with Crippen molar-refractivity contribution in [3.8, 4) is 5.75 Å². The van der Waals surface area contributed by atoms with E-state index < -0.39 is 0 Å². The first-order valence-electron chi connectivity index (χ1n) is 7.78. The van der Waals surface area contributed by atoms with E-state index in [-0.39, 0.29) is 12.4 Å². The van der Waals surface area contributed by atoms with Crippen LogP contribution >= 0.6 is 12.4 Å². The monoisotopic (exact) mass is 317 g/mol. The highest BCUT2D eigenvalue weighted by Gasteiger charge is 2.28. The summed E-state index contributed by atoms with van der Waals surface area (Å²) in [7, 11) is 1.77. The van der Waals surface area contributed by atoms with Gasteiger partial charge in [-0.15, -0.1) is 12.4 Å². The summed E-state index contributed by atoms with van der Waals surface area (Å²) in [4.78, 5) is 0. The van der Waals surface area contributed by atoms with Crippen molar-refractivity contribution in [3.63, 3.8) is 0 Å². The molecule has 0 aliphatic carbocycles. The molecule has 1 saturated heterocycles. The van der Waals surface area contributed by atoms with E-state index in [9.17, 15) is 0 Å². The molecule has 0 saturated carbocycles. The van der Waals surface area contributed by atoms with Crippen LogP contribution in [0.4, 0.5) is 0 Å². The predicted molar refractivity (Wildman–Crippen MR) is 94.3 cm³/mol. The zero-order valence-corrected chi connectivity index (χ0v) is 13.8. The lowest BCUT2D eigenvalue weighted by atomic mass is 9.78. The van der Waals surface area contributed by atoms with Crippen LogP contribution in [0.3, 0.4) is 0 Å². The van der Waals surface area contributed by atoms with Gasteiger partial charge in [0.05, 0.1) is 7.11 Å². The van der Waals surface area contributed by atoms with Crippen molar-refractivity contribution in [1.29, 1.82) is 0 Å². The molecule has 1 aliphatic heterocycles. The third kappa shape index (κ3) is 3.63. The normalized spacial score (nSPS) is 21.5. The molecule has 0 radical (unpaired) electrons. The number of ether oxygens (including phenoxy) is 1. The van der Waals surface area contributed by atoms with Crippen molar-refractivity contribution in [3.05, 3.63) is 65.7 Å². The Hall–Kier alpha value is -1.51. The van der Waals surface area contributed by atoms with E-state index in [4.69, 9.17) is 4.74 Å². The van der Waals surface area contributed by atoms with Crippen LogP contribution in [0.1, 0.15) is 35.8 Å². The summed E-state index contributed by atoms with van der Waals surface area (Å²) in [6.07, 6.45) is 2.33. The first kappa shape index (κ1) is 16.9. The zero-order valence-electron chi connectivity index (χ0n) is 13.0. The summed E-state index contributed by atoms with van der Waals surface area (Å²) in [6.45, 7) is 2.16. The van der Waals surface area contributed by atoms with Gasteiger partial charge >= 0.3 is 0 Å². The summed E-state index contributed by atoms with van der Waals surface area (Å²) >= 11 is 0. The summed E-state index contributed by atoms with van der Waals surface area (Å²) in [5.41, 5.74) is 2.79. The molecular formula is C19H24ClNO. The minimum absolute atomic E-state index is 0. The summed E-state index contributed by atoms with van der Waals surface area (Å²) in [5.74, 6) is 2.08. The quantitative estimate of drug-likeness (QED) is 0.907. The van der Waals surface area contributed by atoms with Gasteiger partial charge in [0.2, 0.25) is 0 Å². The van der Waals surface area contributed by atoms with Crippen LogP contribution in [0, 0.1) is 0 Å². The third-order valence-electron chi connectivity index (χ3n) is 4.52. The van der Waals surface area contributed by atoms with Gasteiger partial charge < -0.3 is 10.1 Å². The highest BCUT2D eigenvalue weighted by atomic mass is 35.5. The molecule has 3 heteroatoms. The van der Waals surface area contributed by atoms with Crippen LogP contribution in [-0.4, -0.2) is 20.2 Å². The number of hydrogen-bond acceptors (Lipinski definition) is 2. The van der Waals surface area contributed by atoms with E-state index in [2.05, 4.69) is 59.9 Å². The third-order valence-corrected chi connectivity index (χ3v) is 4.52. The SMILES string of the molecule is COc1ccccc1[C@H]1CCNCC[C@H]1c1ccccc1.Cl. The van der Waals surface area contributed by atoms with E-state index in [0.717, 1.165) is 25.3 Å². The van der Waals surface area contributed by atoms with Crippen molar-refractivity contribution in [2.75, 3.05) is 20.2 Å². The Morgan fingerprint density at radius 2 is 1.50 bits per heavy atom. The van der Waals surface area contributed by atoms with Gasteiger partial charge in [-0.25, -0.2) is 0 Å². The minimum atomic E-state index is 0. The number of rotatable bonds is 3. The highest BCUT2D eigenvalue weighted by Crippen LogP contribution is 2.42. The summed E-state index contributed by atoms with van der Waals surface area (Å²) in [6, 6.07) is 19.4. The maximum Gasteiger partial charge on any atom is 0.122 e. The van der Waals surface area contributed by atoms with Gasteiger partial charge in [0, 0.05) is 0 Å². The standard InChI is InChI=1S/C19H23NO.ClH/c1-21-19-10-6-5-9-18(19)17-12-14-20-13-11-16(17)15-7-3-2-4-8-15;/h2-10,16-17,20H,11-14H2,1H3;1H/t16-,17-;/m0./s1. The van der Waals surface area contributed by atoms with E-state index in [0.29, 0.717) is 11.8 Å². The average molecular weight is 318 g/mol. The smallest absolute Gasteiger partial charge is 0.122 e. The van der Waals surface area contributed by atoms with Crippen molar-refractivity contribution in [2.45, 2.75) is 24.7 Å². The van der Waals surface area contributed by atoms with Crippen LogP contribution < -0.4 is 10.1 Å². The molecule has 2 atom stereocenters. The molecule has 118 valence electrons. The molecule has 0 aromatic heterocycles. The fraction of sp³-hybridized carbons (Fsp3) is 0.368. The topological polar surface area (TPSA) is 21.3 Å². The lowest BCUT2D eigenvalue weighted by molar-refractivity contribution is 0.398. The molecule has 0 unspecified atom stereocenters. The fourth-order valence-corrected chi connectivity index (χ4v) is 3.49. The van der Waals surface area contributed by atoms with Gasteiger partial charge in [-0.05, 0) is 55.0 Å². The molecule has 0 spiro atoms. The maximum atomic E-state index is 5.60. The van der Waals surface area contributed by atoms with Gasteiger partial charge in [0.1, 0.15) is 5.75 Å². The zero-order chi connectivity index (χ0) is 14.5. The first-order valence-corrected chi connectivity index (χ1v) is 7.78. The van der Waals surface area contributed by atoms with Crippen LogP contribution in [0.25, 0.3) is 0 Å². The molecule has 3 rings (SSSR count). The Labute approximate surface area is 139 Å². The largest absolute Gasteiger partial charge is 0.496 e. The van der Waals surface area contributed by atoms with Crippen LogP contribution in [0.2, 0.25) is 0 Å². The van der Waals surface area contributed by atoms with E-state index in [1.807, 2.05) is 0 Å². The number of methoxy groups -OCH3 is 1. The van der Waals surface area contributed by atoms with Gasteiger partial charge in [-0.3, -0.25) is 0 Å². The molecule has 2 aromatic rings. The molecule has 22 heavy (non-hydrogen) atoms. The number of benzene rings is 2. The van der Waals surface area contributed by atoms with Gasteiger partial charge in [-0.1, -0.05) is 48.5 Å². The minimum Gasteiger partial charge on any atom is -0.496 e. The van der Waals surface area contributed by atoms with Gasteiger partial charge in [0.25, 0.3) is 0 Å². The summed E-state index contributed by atoms with van der Waals surface area (Å²) in [5, 5.41) is 3.54. The molecule has 0 bridgehead atoms. The second kappa shape index (κ2) is 8.21. The molecule has 0 amide bonds. The molecular weight excluding hydrogens is 294 g/mol. The lowest BCUT2D eigenvalue weighted by Crippen LogP contribution is -2.13. The van der Waals surface area contributed by atoms with Crippen molar-refractivity contribution in [2.24, 2.45) is 0 Å². The van der Waals surface area contributed by atoms with Crippen molar-refractivity contribution < 1.29 is 4.74 Å². The molecule has 2 aromatic carbocycles. The maximum absolute atomic E-state index is 5.60. The predicted octanol–water partition coefficient (Wildman–Crippen LogP) is 4.37. The highest BCUT2D eigenvalue weighted by molar-refractivity contribution is 5.85. The Morgan fingerprint density at radius 1 is 0.864 bits per heavy atom. The van der Waals surface area contributed by atoms with Crippen LogP contribution in [-0.2, 0) is 0 Å². The fourth-order valence-electron chi connectivity index (χ4n) is 3.49. The number of nitrogens with one attached hydrogen (secondary N) is 1. The van der Waals surface area contributed by atoms with Crippen molar-refractivity contribution in [1.82, 2.24) is 5.32 Å². The Morgan fingerprint density at radius 3 is 2.23 bits per heavy atom. The second-order valence-corrected chi connectivity index (χ2v) is 5.69. The first-order chi connectivity index (χ1) is 10.4. The number of para-hydroxylation sites is 1. The van der Waals surface area contributed by atoms with E-state index in [1.165, 1.54) is 17.5 Å². The second-order valence-electron chi connectivity index (χ2n) is 5.69. The summed E-state index contributed by atoms with van der Waals surface area (Å²) < 4.78 is 5.60. The molecule has 1 aliphatic rings. The number of halogens is 1. The average Bonchev–Trinajstić information content (AvgIpc) is 2.81. The van der Waals surface area contributed by atoms with Gasteiger partial charge in [-0.2, -0.15) is 0 Å². The van der Waals surface area contributed by atoms with Crippen LogP contribution in [0.5, 0.6) is 5.75 Å². The lowest BCUT2D eigenvalue weighted by Gasteiger charge is -2.27. The van der Waals surface area contributed by atoms with Crippen molar-refractivity contribution >= 4 is 12.4 Å². The Balaban J connectivity index is 0.00000176. The number of hydrogen-bond donors (Lipinski definition) is 1. The van der Waals surface area contributed by atoms with Crippen LogP contribution in [0.15, 0.2) is 54.6 Å². The molecule has 2 nitrogen and oxygen atoms in total. The van der Waals surface area contributed by atoms with E-state index >= 15 is 0 Å². The molecule has 1 fully saturated rings. The molecule has 1 heterocycles. The van der Waals surface area contributed by atoms with E-state index in [1.54, 1.807) is 7.11 Å². The Bertz CT molecular complexity index is 573. The van der Waals surface area contributed by atoms with Gasteiger partial charge in [0.15, 0.2) is 0 Å². The Kier molecular flexibility index (Phi) is 6.29.